The van der Waals surface area contributed by atoms with E-state index in [0.29, 0.717) is 27.6 Å². The maximum absolute atomic E-state index is 13.3. The Morgan fingerprint density at radius 3 is 2.30 bits per heavy atom. The second-order valence-corrected chi connectivity index (χ2v) is 6.39. The summed E-state index contributed by atoms with van der Waals surface area (Å²) in [6, 6.07) is 12.2. The van der Waals surface area contributed by atoms with Crippen LogP contribution in [0.1, 0.15) is 11.3 Å². The fourth-order valence-corrected chi connectivity index (χ4v) is 2.63. The molecule has 0 aliphatic carbocycles. The van der Waals surface area contributed by atoms with Gasteiger partial charge in [-0.15, -0.1) is 0 Å². The lowest BCUT2D eigenvalue weighted by Gasteiger charge is -2.10. The largest absolute Gasteiger partial charge is 0.493 e. The van der Waals surface area contributed by atoms with Gasteiger partial charge in [0.2, 0.25) is 5.95 Å². The van der Waals surface area contributed by atoms with Crippen molar-refractivity contribution in [3.63, 3.8) is 0 Å². The molecule has 3 rings (SSSR count). The number of rotatable bonds is 6. The highest BCUT2D eigenvalue weighted by Gasteiger charge is 2.33. The van der Waals surface area contributed by atoms with Gasteiger partial charge in [0, 0.05) is 10.6 Å². The molecule has 0 radical (unpaired) electrons. The number of anilines is 1. The average molecular weight is 437 g/mol. The van der Waals surface area contributed by atoms with Crippen molar-refractivity contribution in [2.75, 3.05) is 19.6 Å². The standard InChI is InChI=1S/C20H16ClF3N4O2/c1-29-16-8-3-12(9-17(16)30-2)11-25-28-19-26-15(10-18(27-19)20(22,23)24)13-4-6-14(21)7-5-13/h3-11H,1-2H3,(H,26,27,28)/b25-11-. The number of aromatic nitrogens is 2. The van der Waals surface area contributed by atoms with E-state index < -0.39 is 11.9 Å². The predicted molar refractivity (Wildman–Crippen MR) is 108 cm³/mol. The molecule has 1 heterocycles. The number of nitrogens with zero attached hydrogens (tertiary/aromatic N) is 3. The minimum Gasteiger partial charge on any atom is -0.493 e. The van der Waals surface area contributed by atoms with Crippen LogP contribution in [0.4, 0.5) is 19.1 Å². The Morgan fingerprint density at radius 1 is 0.967 bits per heavy atom. The molecular weight excluding hydrogens is 421 g/mol. The maximum atomic E-state index is 13.3. The van der Waals surface area contributed by atoms with Crippen molar-refractivity contribution in [1.82, 2.24) is 9.97 Å². The van der Waals surface area contributed by atoms with Crippen LogP contribution in [0.2, 0.25) is 5.02 Å². The molecule has 0 aliphatic heterocycles. The van der Waals surface area contributed by atoms with Gasteiger partial charge in [0.25, 0.3) is 0 Å². The number of nitrogens with one attached hydrogen (secondary N) is 1. The average Bonchev–Trinajstić information content (AvgIpc) is 2.73. The van der Waals surface area contributed by atoms with Crippen LogP contribution >= 0.6 is 11.6 Å². The van der Waals surface area contributed by atoms with E-state index in [1.54, 1.807) is 42.5 Å². The van der Waals surface area contributed by atoms with Gasteiger partial charge in [0.1, 0.15) is 0 Å². The molecule has 1 aromatic heterocycles. The van der Waals surface area contributed by atoms with Gasteiger partial charge in [-0.25, -0.2) is 15.4 Å². The highest BCUT2D eigenvalue weighted by molar-refractivity contribution is 6.30. The molecule has 0 saturated carbocycles. The number of methoxy groups -OCH3 is 2. The third-order valence-electron chi connectivity index (χ3n) is 3.94. The Kier molecular flexibility index (Phi) is 6.41. The van der Waals surface area contributed by atoms with E-state index in [9.17, 15) is 13.2 Å². The second-order valence-electron chi connectivity index (χ2n) is 5.95. The van der Waals surface area contributed by atoms with E-state index in [4.69, 9.17) is 21.1 Å². The first-order chi connectivity index (χ1) is 14.3. The number of hydrazone groups is 1. The SMILES string of the molecule is COc1ccc(/C=N\Nc2nc(-c3ccc(Cl)cc3)cc(C(F)(F)F)n2)cc1OC. The lowest BCUT2D eigenvalue weighted by molar-refractivity contribution is -0.141. The summed E-state index contributed by atoms with van der Waals surface area (Å²) < 4.78 is 50.2. The van der Waals surface area contributed by atoms with Crippen LogP contribution in [0, 0.1) is 0 Å². The zero-order valence-electron chi connectivity index (χ0n) is 15.9. The van der Waals surface area contributed by atoms with Gasteiger partial charge in [0.15, 0.2) is 17.2 Å². The fraction of sp³-hybridized carbons (Fsp3) is 0.150. The van der Waals surface area contributed by atoms with Crippen molar-refractivity contribution in [3.05, 3.63) is 64.8 Å². The third kappa shape index (κ3) is 5.18. The topological polar surface area (TPSA) is 68.6 Å². The quantitative estimate of drug-likeness (QED) is 0.420. The molecule has 6 nitrogen and oxygen atoms in total. The highest BCUT2D eigenvalue weighted by atomic mass is 35.5. The number of hydrogen-bond donors (Lipinski definition) is 1. The summed E-state index contributed by atoms with van der Waals surface area (Å²) in [7, 11) is 3.00. The van der Waals surface area contributed by atoms with E-state index in [0.717, 1.165) is 6.07 Å². The Bertz CT molecular complexity index is 1060. The van der Waals surface area contributed by atoms with Gasteiger partial charge in [-0.1, -0.05) is 23.7 Å². The number of benzene rings is 2. The van der Waals surface area contributed by atoms with Crippen molar-refractivity contribution < 1.29 is 22.6 Å². The zero-order chi connectivity index (χ0) is 21.7. The van der Waals surface area contributed by atoms with Crippen molar-refractivity contribution in [1.29, 1.82) is 0 Å². The van der Waals surface area contributed by atoms with Crippen molar-refractivity contribution in [2.45, 2.75) is 6.18 Å². The van der Waals surface area contributed by atoms with Crippen LogP contribution in [0.25, 0.3) is 11.3 Å². The van der Waals surface area contributed by atoms with Crippen molar-refractivity contribution in [3.8, 4) is 22.8 Å². The number of halogens is 4. The summed E-state index contributed by atoms with van der Waals surface area (Å²) in [5.41, 5.74) is 2.52. The van der Waals surface area contributed by atoms with Crippen molar-refractivity contribution >= 4 is 23.8 Å². The molecule has 1 N–H and O–H groups in total. The van der Waals surface area contributed by atoms with Gasteiger partial charge in [0.05, 0.1) is 26.1 Å². The van der Waals surface area contributed by atoms with Crippen molar-refractivity contribution in [2.24, 2.45) is 5.10 Å². The lowest BCUT2D eigenvalue weighted by Crippen LogP contribution is -2.11. The van der Waals surface area contributed by atoms with Crippen LogP contribution in [-0.2, 0) is 6.18 Å². The van der Waals surface area contributed by atoms with Gasteiger partial charge in [-0.2, -0.15) is 18.3 Å². The molecule has 156 valence electrons. The van der Waals surface area contributed by atoms with E-state index in [2.05, 4.69) is 20.5 Å². The van der Waals surface area contributed by atoms with E-state index >= 15 is 0 Å². The predicted octanol–water partition coefficient (Wildman–Crippen LogP) is 5.28. The number of alkyl halides is 3. The van der Waals surface area contributed by atoms with Gasteiger partial charge in [-0.05, 0) is 42.0 Å². The molecule has 2 aromatic carbocycles. The fourth-order valence-electron chi connectivity index (χ4n) is 2.51. The Hall–Kier alpha value is -3.33. The first-order valence-electron chi connectivity index (χ1n) is 8.53. The summed E-state index contributed by atoms with van der Waals surface area (Å²) in [5, 5.41) is 4.39. The summed E-state index contributed by atoms with van der Waals surface area (Å²) in [6.45, 7) is 0. The molecule has 0 saturated heterocycles. The summed E-state index contributed by atoms with van der Waals surface area (Å²) in [5.74, 6) is 0.727. The highest BCUT2D eigenvalue weighted by Crippen LogP contribution is 2.31. The molecule has 30 heavy (non-hydrogen) atoms. The molecule has 0 bridgehead atoms. The minimum atomic E-state index is -4.65. The summed E-state index contributed by atoms with van der Waals surface area (Å²) in [4.78, 5) is 7.62. The van der Waals surface area contributed by atoms with E-state index in [-0.39, 0.29) is 11.6 Å². The van der Waals surface area contributed by atoms with Gasteiger partial charge < -0.3 is 9.47 Å². The van der Waals surface area contributed by atoms with Crippen LogP contribution in [0.15, 0.2) is 53.6 Å². The van der Waals surface area contributed by atoms with E-state index in [1.807, 2.05) is 0 Å². The molecular formula is C20H16ClF3N4O2. The van der Waals surface area contributed by atoms with Crippen LogP contribution in [0.5, 0.6) is 11.5 Å². The molecule has 0 spiro atoms. The molecule has 0 amide bonds. The Morgan fingerprint density at radius 2 is 1.67 bits per heavy atom. The zero-order valence-corrected chi connectivity index (χ0v) is 16.6. The third-order valence-corrected chi connectivity index (χ3v) is 4.19. The van der Waals surface area contributed by atoms with Gasteiger partial charge >= 0.3 is 6.18 Å². The van der Waals surface area contributed by atoms with Crippen LogP contribution in [-0.4, -0.2) is 30.4 Å². The maximum Gasteiger partial charge on any atom is 0.433 e. The lowest BCUT2D eigenvalue weighted by atomic mass is 10.1. The first-order valence-corrected chi connectivity index (χ1v) is 8.91. The molecule has 0 unspecified atom stereocenters. The molecule has 0 aliphatic rings. The number of ether oxygens (including phenoxy) is 2. The van der Waals surface area contributed by atoms with E-state index in [1.165, 1.54) is 20.4 Å². The van der Waals surface area contributed by atoms with Crippen LogP contribution < -0.4 is 14.9 Å². The smallest absolute Gasteiger partial charge is 0.433 e. The Balaban J connectivity index is 1.89. The normalized spacial score (nSPS) is 11.5. The second kappa shape index (κ2) is 9.00. The minimum absolute atomic E-state index is 0.0813. The number of hydrogen-bond acceptors (Lipinski definition) is 6. The molecule has 0 fully saturated rings. The molecule has 0 atom stereocenters. The molecule has 3 aromatic rings. The monoisotopic (exact) mass is 436 g/mol. The van der Waals surface area contributed by atoms with Gasteiger partial charge in [-0.3, -0.25) is 0 Å². The summed E-state index contributed by atoms with van der Waals surface area (Å²) in [6.07, 6.45) is -3.25. The molecule has 10 heteroatoms. The summed E-state index contributed by atoms with van der Waals surface area (Å²) >= 11 is 5.84. The Labute approximate surface area is 175 Å². The first kappa shape index (κ1) is 21.4. The van der Waals surface area contributed by atoms with Crippen LogP contribution in [0.3, 0.4) is 0 Å².